The van der Waals surface area contributed by atoms with Crippen molar-refractivity contribution in [1.82, 2.24) is 25.4 Å². The minimum atomic E-state index is -0.626. The SMILES string of the molecule is BC1(B)OC(=O)c2ccc([C@@H]3CN(Cc4nnc(-c5cc(C)c(C#N)cn5)o4)CCN3)c(C)c21. The number of nitrogens with zero attached hydrogens (tertiary/aromatic N) is 5. The van der Waals surface area contributed by atoms with E-state index in [1.165, 1.54) is 11.8 Å². The summed E-state index contributed by atoms with van der Waals surface area (Å²) in [5.41, 5.74) is 5.79. The number of esters is 1. The predicted molar refractivity (Wildman–Crippen MR) is 128 cm³/mol. The summed E-state index contributed by atoms with van der Waals surface area (Å²) < 4.78 is 11.5. The highest BCUT2D eigenvalue weighted by atomic mass is 16.6. The Morgan fingerprint density at radius 2 is 2.15 bits per heavy atom. The normalized spacial score (nSPS) is 19.4. The second kappa shape index (κ2) is 8.38. The number of rotatable bonds is 4. The van der Waals surface area contributed by atoms with Crippen LogP contribution >= 0.6 is 0 Å². The van der Waals surface area contributed by atoms with Gasteiger partial charge in [-0.1, -0.05) is 6.07 Å². The van der Waals surface area contributed by atoms with Crippen molar-refractivity contribution >= 4 is 21.7 Å². The minimum absolute atomic E-state index is 0.107. The van der Waals surface area contributed by atoms with Crippen LogP contribution in [0.25, 0.3) is 11.6 Å². The summed E-state index contributed by atoms with van der Waals surface area (Å²) in [5.74, 6) is 0.605. The molecule has 170 valence electrons. The molecule has 1 aromatic carbocycles. The first-order valence-electron chi connectivity index (χ1n) is 11.3. The summed E-state index contributed by atoms with van der Waals surface area (Å²) in [6.45, 7) is 6.87. The average molecular weight is 454 g/mol. The van der Waals surface area contributed by atoms with Crippen LogP contribution in [0.5, 0.6) is 0 Å². The molecule has 0 amide bonds. The van der Waals surface area contributed by atoms with Gasteiger partial charge in [0.05, 0.1) is 23.1 Å². The highest BCUT2D eigenvalue weighted by molar-refractivity contribution is 6.41. The van der Waals surface area contributed by atoms with Crippen molar-refractivity contribution in [2.45, 2.75) is 31.8 Å². The first-order chi connectivity index (χ1) is 16.3. The van der Waals surface area contributed by atoms with Crippen molar-refractivity contribution in [2.75, 3.05) is 19.6 Å². The van der Waals surface area contributed by atoms with E-state index in [-0.39, 0.29) is 12.0 Å². The van der Waals surface area contributed by atoms with Crippen LogP contribution in [-0.2, 0) is 16.7 Å². The quantitative estimate of drug-likeness (QED) is 0.439. The fourth-order valence-electron chi connectivity index (χ4n) is 4.95. The van der Waals surface area contributed by atoms with Crippen LogP contribution in [0, 0.1) is 25.2 Å². The Hall–Kier alpha value is -3.48. The fraction of sp³-hybridized carbons (Fsp3) is 0.348. The number of nitrogens with one attached hydrogen (secondary N) is 1. The van der Waals surface area contributed by atoms with Gasteiger partial charge in [-0.25, -0.2) is 9.78 Å². The average Bonchev–Trinajstić information content (AvgIpc) is 3.35. The minimum Gasteiger partial charge on any atom is -0.470 e. The van der Waals surface area contributed by atoms with E-state index in [0.29, 0.717) is 35.1 Å². The number of carbonyl (C=O) groups excluding carboxylic acids is 1. The molecule has 0 bridgehead atoms. The Balaban J connectivity index is 1.33. The van der Waals surface area contributed by atoms with Gasteiger partial charge in [-0.15, -0.1) is 10.2 Å². The molecule has 2 aliphatic rings. The molecule has 0 aliphatic carbocycles. The molecule has 1 atom stereocenters. The van der Waals surface area contributed by atoms with Gasteiger partial charge in [-0.2, -0.15) is 5.26 Å². The molecule has 0 unspecified atom stereocenters. The molecule has 5 rings (SSSR count). The van der Waals surface area contributed by atoms with Crippen molar-refractivity contribution in [3.8, 4) is 17.7 Å². The molecule has 0 saturated carbocycles. The van der Waals surface area contributed by atoms with Gasteiger partial charge in [0.1, 0.15) is 11.8 Å². The van der Waals surface area contributed by atoms with Crippen LogP contribution in [0.4, 0.5) is 0 Å². The van der Waals surface area contributed by atoms with E-state index >= 15 is 0 Å². The van der Waals surface area contributed by atoms with Crippen LogP contribution in [0.15, 0.2) is 28.8 Å². The number of carbonyl (C=O) groups is 1. The zero-order chi connectivity index (χ0) is 24.0. The van der Waals surface area contributed by atoms with Crippen molar-refractivity contribution in [3.63, 3.8) is 0 Å². The van der Waals surface area contributed by atoms with Crippen LogP contribution in [-0.4, -0.2) is 61.4 Å². The van der Waals surface area contributed by atoms with Crippen LogP contribution < -0.4 is 5.32 Å². The molecule has 3 aromatic rings. The molecule has 1 saturated heterocycles. The van der Waals surface area contributed by atoms with Gasteiger partial charge >= 0.3 is 5.97 Å². The molecule has 0 radical (unpaired) electrons. The Morgan fingerprint density at radius 3 is 2.91 bits per heavy atom. The van der Waals surface area contributed by atoms with Gasteiger partial charge in [-0.05, 0) is 48.2 Å². The summed E-state index contributed by atoms with van der Waals surface area (Å²) in [7, 11) is 3.87. The number of aromatic nitrogens is 3. The van der Waals surface area contributed by atoms with Crippen LogP contribution in [0.2, 0.25) is 0 Å². The van der Waals surface area contributed by atoms with Gasteiger partial charge in [0, 0.05) is 31.9 Å². The van der Waals surface area contributed by atoms with Crippen molar-refractivity contribution in [1.29, 1.82) is 5.26 Å². The molecule has 0 spiro atoms. The van der Waals surface area contributed by atoms with E-state index in [2.05, 4.69) is 38.4 Å². The fourth-order valence-corrected chi connectivity index (χ4v) is 4.95. The summed E-state index contributed by atoms with van der Waals surface area (Å²) in [5, 5.41) is 20.4. The molecule has 2 aromatic heterocycles. The lowest BCUT2D eigenvalue weighted by Crippen LogP contribution is -2.45. The monoisotopic (exact) mass is 454 g/mol. The molecule has 1 fully saturated rings. The van der Waals surface area contributed by atoms with Gasteiger partial charge in [0.2, 0.25) is 5.89 Å². The molecule has 34 heavy (non-hydrogen) atoms. The van der Waals surface area contributed by atoms with Crippen molar-refractivity contribution in [3.05, 3.63) is 63.7 Å². The van der Waals surface area contributed by atoms with E-state index in [0.717, 1.165) is 36.3 Å². The first-order valence-corrected chi connectivity index (χ1v) is 11.3. The number of ether oxygens (including phenoxy) is 1. The second-order valence-corrected chi connectivity index (χ2v) is 9.34. The van der Waals surface area contributed by atoms with E-state index < -0.39 is 5.40 Å². The lowest BCUT2D eigenvalue weighted by Gasteiger charge is -2.34. The number of fused-ring (bicyclic) bond motifs is 1. The van der Waals surface area contributed by atoms with Gasteiger partial charge in [0.25, 0.3) is 5.89 Å². The number of piperazine rings is 1. The lowest BCUT2D eigenvalue weighted by atomic mass is 9.60. The van der Waals surface area contributed by atoms with E-state index in [9.17, 15) is 4.79 Å². The topological polar surface area (TPSA) is 117 Å². The molecule has 1 N–H and O–H groups in total. The molecular formula is C23H24B2N6O3. The Morgan fingerprint density at radius 1 is 1.32 bits per heavy atom. The van der Waals surface area contributed by atoms with E-state index in [1.807, 2.05) is 34.7 Å². The summed E-state index contributed by atoms with van der Waals surface area (Å²) in [6.07, 6.45) is 1.52. The van der Waals surface area contributed by atoms with E-state index in [1.54, 1.807) is 6.07 Å². The third kappa shape index (κ3) is 3.89. The number of aryl methyl sites for hydroxylation is 1. The van der Waals surface area contributed by atoms with Gasteiger partial charge in [-0.3, -0.25) is 4.90 Å². The maximum Gasteiger partial charge on any atom is 0.337 e. The first kappa shape index (κ1) is 22.3. The molecule has 4 heterocycles. The zero-order valence-electron chi connectivity index (χ0n) is 19.7. The number of benzene rings is 1. The third-order valence-electron chi connectivity index (χ3n) is 6.59. The summed E-state index contributed by atoms with van der Waals surface area (Å²) in [6, 6.07) is 7.91. The smallest absolute Gasteiger partial charge is 0.337 e. The molecule has 2 aliphatic heterocycles. The van der Waals surface area contributed by atoms with Gasteiger partial charge in [0.15, 0.2) is 15.7 Å². The lowest BCUT2D eigenvalue weighted by molar-refractivity contribution is 0.0444. The number of pyridine rings is 1. The van der Waals surface area contributed by atoms with Crippen molar-refractivity contribution < 1.29 is 13.9 Å². The summed E-state index contributed by atoms with van der Waals surface area (Å²) in [4.78, 5) is 18.8. The van der Waals surface area contributed by atoms with Crippen LogP contribution in [0.3, 0.4) is 0 Å². The number of hydrogen-bond donors (Lipinski definition) is 1. The molecule has 11 heteroatoms. The Kier molecular flexibility index (Phi) is 5.50. The van der Waals surface area contributed by atoms with Crippen LogP contribution in [0.1, 0.15) is 50.1 Å². The maximum atomic E-state index is 12.2. The van der Waals surface area contributed by atoms with Crippen molar-refractivity contribution in [2.24, 2.45) is 0 Å². The Bertz CT molecular complexity index is 1330. The maximum absolute atomic E-state index is 12.2. The summed E-state index contributed by atoms with van der Waals surface area (Å²) >= 11 is 0. The number of hydrogen-bond acceptors (Lipinski definition) is 9. The zero-order valence-corrected chi connectivity index (χ0v) is 19.7. The standard InChI is InChI=1S/C23H24B2N6O3/c1-12-7-17(28-9-14(12)8-26)21-30-29-19(33-21)11-31-6-5-27-18(10-31)15-3-4-16-20(13(15)2)23(24,25)34-22(16)32/h3-4,7,9,18,27H,5-6,10-11,24-25H2,1-2H3/t18-/m0/s1. The second-order valence-electron chi connectivity index (χ2n) is 9.34. The van der Waals surface area contributed by atoms with E-state index in [4.69, 9.17) is 14.4 Å². The molecular weight excluding hydrogens is 430 g/mol. The number of cyclic esters (lactones) is 1. The third-order valence-corrected chi connectivity index (χ3v) is 6.59. The highest BCUT2D eigenvalue weighted by Gasteiger charge is 2.40. The van der Waals surface area contributed by atoms with Gasteiger partial charge < -0.3 is 14.5 Å². The highest BCUT2D eigenvalue weighted by Crippen LogP contribution is 2.37. The largest absolute Gasteiger partial charge is 0.470 e. The molecule has 9 nitrogen and oxygen atoms in total. The number of nitriles is 1. The Labute approximate surface area is 199 Å². The predicted octanol–water partition coefficient (Wildman–Crippen LogP) is 0.314.